The number of hydrogen-bond acceptors (Lipinski definition) is 6. The molecule has 0 spiro atoms. The summed E-state index contributed by atoms with van der Waals surface area (Å²) < 4.78 is 0. The zero-order chi connectivity index (χ0) is 16.8. The Morgan fingerprint density at radius 1 is 1.12 bits per heavy atom. The number of rotatable bonds is 7. The molecule has 3 aromatic rings. The number of aromatic nitrogens is 2. The topological polar surface area (TPSA) is 67.1 Å². The Labute approximate surface area is 146 Å². The molecule has 0 aliphatic carbocycles. The predicted molar refractivity (Wildman–Crippen MR) is 102 cm³/mol. The van der Waals surface area contributed by atoms with Gasteiger partial charge in [-0.3, -0.25) is 0 Å². The van der Waals surface area contributed by atoms with E-state index in [4.69, 9.17) is 5.73 Å². The highest BCUT2D eigenvalue weighted by atomic mass is 32.1. The molecule has 3 rings (SSSR count). The van der Waals surface area contributed by atoms with Crippen LogP contribution >= 0.6 is 11.3 Å². The molecule has 124 valence electrons. The van der Waals surface area contributed by atoms with Gasteiger partial charge < -0.3 is 16.0 Å². The van der Waals surface area contributed by atoms with Crippen LogP contribution in [-0.4, -0.2) is 23.6 Å². The van der Waals surface area contributed by atoms with Crippen LogP contribution in [0.2, 0.25) is 0 Å². The van der Waals surface area contributed by atoms with Crippen molar-refractivity contribution in [1.29, 1.82) is 0 Å². The van der Waals surface area contributed by atoms with Gasteiger partial charge in [0, 0.05) is 25.0 Å². The smallest absolute Gasteiger partial charge is 0.157 e. The first-order valence-electron chi connectivity index (χ1n) is 7.86. The van der Waals surface area contributed by atoms with Gasteiger partial charge in [0.15, 0.2) is 11.6 Å². The predicted octanol–water partition coefficient (Wildman–Crippen LogP) is 3.41. The van der Waals surface area contributed by atoms with E-state index < -0.39 is 0 Å². The fraction of sp³-hybridized carbons (Fsp3) is 0.222. The Hall–Kier alpha value is -2.60. The number of nitrogens with two attached hydrogens (primary N) is 1. The van der Waals surface area contributed by atoms with Gasteiger partial charge in [0.1, 0.15) is 12.0 Å². The molecular formula is C18H21N5S. The van der Waals surface area contributed by atoms with Crippen LogP contribution < -0.4 is 16.0 Å². The molecule has 1 aromatic carbocycles. The molecule has 0 radical (unpaired) electrons. The molecule has 0 unspecified atom stereocenters. The van der Waals surface area contributed by atoms with Gasteiger partial charge in [-0.2, -0.15) is 0 Å². The fourth-order valence-corrected chi connectivity index (χ4v) is 3.23. The van der Waals surface area contributed by atoms with Gasteiger partial charge in [0.25, 0.3) is 0 Å². The zero-order valence-corrected chi connectivity index (χ0v) is 14.5. The van der Waals surface area contributed by atoms with Crippen molar-refractivity contribution in [2.75, 3.05) is 29.5 Å². The monoisotopic (exact) mass is 339 g/mol. The minimum atomic E-state index is 0.585. The van der Waals surface area contributed by atoms with Crippen LogP contribution in [0.5, 0.6) is 0 Å². The third kappa shape index (κ3) is 4.02. The molecule has 0 saturated heterocycles. The summed E-state index contributed by atoms with van der Waals surface area (Å²) in [7, 11) is 1.99. The summed E-state index contributed by atoms with van der Waals surface area (Å²) >= 11 is 1.76. The Morgan fingerprint density at radius 2 is 1.96 bits per heavy atom. The first-order valence-corrected chi connectivity index (χ1v) is 8.74. The van der Waals surface area contributed by atoms with Crippen LogP contribution in [0.1, 0.15) is 10.4 Å². The highest BCUT2D eigenvalue weighted by Crippen LogP contribution is 2.26. The summed E-state index contributed by atoms with van der Waals surface area (Å²) in [4.78, 5) is 12.0. The molecule has 0 atom stereocenters. The highest BCUT2D eigenvalue weighted by molar-refractivity contribution is 7.09. The van der Waals surface area contributed by atoms with Crippen LogP contribution in [0.4, 0.5) is 17.3 Å². The van der Waals surface area contributed by atoms with Gasteiger partial charge in [-0.15, -0.1) is 11.3 Å². The Morgan fingerprint density at radius 3 is 2.71 bits per heavy atom. The second kappa shape index (κ2) is 7.79. The molecule has 0 bridgehead atoms. The maximum atomic E-state index is 6.27. The number of benzene rings is 1. The van der Waals surface area contributed by atoms with Crippen molar-refractivity contribution in [1.82, 2.24) is 9.97 Å². The van der Waals surface area contributed by atoms with Crippen molar-refractivity contribution in [3.8, 4) is 0 Å². The van der Waals surface area contributed by atoms with Gasteiger partial charge >= 0.3 is 0 Å². The molecule has 5 nitrogen and oxygen atoms in total. The minimum Gasteiger partial charge on any atom is -0.393 e. The lowest BCUT2D eigenvalue weighted by Gasteiger charge is -2.21. The van der Waals surface area contributed by atoms with Crippen LogP contribution in [0.25, 0.3) is 0 Å². The molecule has 3 N–H and O–H groups in total. The van der Waals surface area contributed by atoms with E-state index >= 15 is 0 Å². The largest absolute Gasteiger partial charge is 0.393 e. The zero-order valence-electron chi connectivity index (χ0n) is 13.6. The highest BCUT2D eigenvalue weighted by Gasteiger charge is 2.12. The van der Waals surface area contributed by atoms with Crippen molar-refractivity contribution >= 4 is 28.7 Å². The Bertz CT molecular complexity index is 758. The van der Waals surface area contributed by atoms with E-state index in [0.717, 1.165) is 25.3 Å². The standard InChI is InChI=1S/C18H21N5S/c1-23(12-14-6-3-2-4-7-14)18-16(19)17(21-13-22-18)20-10-9-15-8-5-11-24-15/h2-8,11,13H,9-10,12,19H2,1H3,(H,20,21,22). The SMILES string of the molecule is CN(Cc1ccccc1)c1ncnc(NCCc2cccs2)c1N. The number of anilines is 3. The molecule has 0 aliphatic rings. The molecule has 2 aromatic heterocycles. The van der Waals surface area contributed by atoms with Crippen LogP contribution in [0, 0.1) is 0 Å². The van der Waals surface area contributed by atoms with E-state index in [1.807, 2.05) is 30.1 Å². The third-order valence-electron chi connectivity index (χ3n) is 3.73. The van der Waals surface area contributed by atoms with Crippen LogP contribution in [-0.2, 0) is 13.0 Å². The number of hydrogen-bond donors (Lipinski definition) is 2. The minimum absolute atomic E-state index is 0.585. The first-order chi connectivity index (χ1) is 11.7. The molecule has 0 aliphatic heterocycles. The van der Waals surface area contributed by atoms with Crippen molar-refractivity contribution in [2.24, 2.45) is 0 Å². The molecule has 2 heterocycles. The summed E-state index contributed by atoms with van der Waals surface area (Å²) in [5, 5.41) is 5.40. The third-order valence-corrected chi connectivity index (χ3v) is 4.67. The molecular weight excluding hydrogens is 318 g/mol. The van der Waals surface area contributed by atoms with Crippen molar-refractivity contribution in [3.05, 3.63) is 64.6 Å². The second-order valence-corrected chi connectivity index (χ2v) is 6.59. The summed E-state index contributed by atoms with van der Waals surface area (Å²) in [5.74, 6) is 1.43. The lowest BCUT2D eigenvalue weighted by molar-refractivity contribution is 0.892. The van der Waals surface area contributed by atoms with Crippen LogP contribution in [0.15, 0.2) is 54.2 Å². The lowest BCUT2D eigenvalue weighted by atomic mass is 10.2. The Balaban J connectivity index is 1.65. The number of nitrogen functional groups attached to an aromatic ring is 1. The van der Waals surface area contributed by atoms with E-state index in [1.165, 1.54) is 10.4 Å². The molecule has 24 heavy (non-hydrogen) atoms. The maximum Gasteiger partial charge on any atom is 0.157 e. The van der Waals surface area contributed by atoms with Crippen molar-refractivity contribution in [3.63, 3.8) is 0 Å². The first kappa shape index (κ1) is 16.3. The van der Waals surface area contributed by atoms with E-state index in [-0.39, 0.29) is 0 Å². The average molecular weight is 339 g/mol. The molecule has 0 saturated carbocycles. The number of thiophene rings is 1. The summed E-state index contributed by atoms with van der Waals surface area (Å²) in [6, 6.07) is 14.5. The number of nitrogens with one attached hydrogen (secondary N) is 1. The van der Waals surface area contributed by atoms with Crippen LogP contribution in [0.3, 0.4) is 0 Å². The summed E-state index contributed by atoms with van der Waals surface area (Å²) in [6.07, 6.45) is 2.51. The maximum absolute atomic E-state index is 6.27. The normalized spacial score (nSPS) is 10.5. The van der Waals surface area contributed by atoms with E-state index in [1.54, 1.807) is 17.7 Å². The fourth-order valence-electron chi connectivity index (χ4n) is 2.52. The van der Waals surface area contributed by atoms with Gasteiger partial charge in [0.05, 0.1) is 0 Å². The molecule has 6 heteroatoms. The second-order valence-electron chi connectivity index (χ2n) is 5.56. The van der Waals surface area contributed by atoms with Gasteiger partial charge in [-0.25, -0.2) is 9.97 Å². The average Bonchev–Trinajstić information content (AvgIpc) is 3.10. The quantitative estimate of drug-likeness (QED) is 0.690. The van der Waals surface area contributed by atoms with E-state index in [0.29, 0.717) is 11.5 Å². The van der Waals surface area contributed by atoms with Gasteiger partial charge in [0.2, 0.25) is 0 Å². The summed E-state index contributed by atoms with van der Waals surface area (Å²) in [5.41, 5.74) is 8.07. The van der Waals surface area contributed by atoms with Gasteiger partial charge in [-0.05, 0) is 23.4 Å². The molecule has 0 amide bonds. The lowest BCUT2D eigenvalue weighted by Crippen LogP contribution is -2.20. The van der Waals surface area contributed by atoms with Crippen molar-refractivity contribution in [2.45, 2.75) is 13.0 Å². The van der Waals surface area contributed by atoms with Gasteiger partial charge in [-0.1, -0.05) is 36.4 Å². The Kier molecular flexibility index (Phi) is 5.28. The summed E-state index contributed by atoms with van der Waals surface area (Å²) in [6.45, 7) is 1.54. The number of nitrogens with zero attached hydrogens (tertiary/aromatic N) is 3. The molecule has 0 fully saturated rings. The van der Waals surface area contributed by atoms with Crippen molar-refractivity contribution < 1.29 is 0 Å². The van der Waals surface area contributed by atoms with E-state index in [9.17, 15) is 0 Å². The van der Waals surface area contributed by atoms with E-state index in [2.05, 4.69) is 44.9 Å².